The summed E-state index contributed by atoms with van der Waals surface area (Å²) in [6, 6.07) is -0.0387. The zero-order chi connectivity index (χ0) is 14.6. The molecular formula is C14H26N2O3. The van der Waals surface area contributed by atoms with Gasteiger partial charge in [0.1, 0.15) is 0 Å². The number of aliphatic carboxylic acids is 1. The van der Waals surface area contributed by atoms with Gasteiger partial charge in [-0.25, -0.2) is 4.79 Å². The monoisotopic (exact) mass is 270 g/mol. The van der Waals surface area contributed by atoms with E-state index < -0.39 is 5.97 Å². The summed E-state index contributed by atoms with van der Waals surface area (Å²) in [5.41, 5.74) is -0.358. The lowest BCUT2D eigenvalue weighted by molar-refractivity contribution is -0.137. The van der Waals surface area contributed by atoms with Gasteiger partial charge in [-0.2, -0.15) is 0 Å². The fraction of sp³-hybridized carbons (Fsp3) is 0.857. The summed E-state index contributed by atoms with van der Waals surface area (Å²) in [5, 5.41) is 8.81. The molecule has 0 atom stereocenters. The average Bonchev–Trinajstić information content (AvgIpc) is 3.07. The highest BCUT2D eigenvalue weighted by Crippen LogP contribution is 2.30. The lowest BCUT2D eigenvalue weighted by Gasteiger charge is -2.39. The van der Waals surface area contributed by atoms with Crippen LogP contribution in [-0.4, -0.2) is 52.1 Å². The Morgan fingerprint density at radius 2 is 1.84 bits per heavy atom. The van der Waals surface area contributed by atoms with Gasteiger partial charge in [0.15, 0.2) is 0 Å². The Morgan fingerprint density at radius 1 is 1.26 bits per heavy atom. The summed E-state index contributed by atoms with van der Waals surface area (Å²) in [6.45, 7) is 9.54. The Bertz CT molecular complexity index is 332. The van der Waals surface area contributed by atoms with Crippen LogP contribution in [0, 0.1) is 5.92 Å². The predicted molar refractivity (Wildman–Crippen MR) is 74.1 cm³/mol. The molecule has 0 aromatic heterocycles. The van der Waals surface area contributed by atoms with Crippen LogP contribution < -0.4 is 0 Å². The second-order valence-electron chi connectivity index (χ2n) is 6.23. The molecule has 0 unspecified atom stereocenters. The van der Waals surface area contributed by atoms with Crippen molar-refractivity contribution < 1.29 is 14.7 Å². The zero-order valence-corrected chi connectivity index (χ0v) is 12.5. The molecule has 0 aliphatic heterocycles. The van der Waals surface area contributed by atoms with Crippen molar-refractivity contribution in [3.05, 3.63) is 0 Å². The van der Waals surface area contributed by atoms with Gasteiger partial charge in [0.25, 0.3) is 0 Å². The van der Waals surface area contributed by atoms with Crippen LogP contribution >= 0.6 is 0 Å². The van der Waals surface area contributed by atoms with Crippen molar-refractivity contribution >= 4 is 12.0 Å². The van der Waals surface area contributed by atoms with Crippen LogP contribution in [0.15, 0.2) is 0 Å². The SMILES string of the molecule is CCN(CC1CC1)C(=O)N(CCC(=O)O)C(C)(C)C. The van der Waals surface area contributed by atoms with Crippen LogP contribution in [0.4, 0.5) is 4.79 Å². The van der Waals surface area contributed by atoms with E-state index in [1.165, 1.54) is 12.8 Å². The first-order valence-electron chi connectivity index (χ1n) is 7.04. The van der Waals surface area contributed by atoms with Crippen molar-refractivity contribution in [2.75, 3.05) is 19.6 Å². The van der Waals surface area contributed by atoms with Gasteiger partial charge in [-0.1, -0.05) is 0 Å². The van der Waals surface area contributed by atoms with Gasteiger partial charge in [-0.15, -0.1) is 0 Å². The molecule has 19 heavy (non-hydrogen) atoms. The van der Waals surface area contributed by atoms with Crippen LogP contribution in [0.5, 0.6) is 0 Å². The molecule has 0 radical (unpaired) electrons. The van der Waals surface area contributed by atoms with E-state index in [0.717, 1.165) is 6.54 Å². The van der Waals surface area contributed by atoms with Gasteiger partial charge in [0.2, 0.25) is 0 Å². The third-order valence-corrected chi connectivity index (χ3v) is 3.42. The lowest BCUT2D eigenvalue weighted by Crippen LogP contribution is -2.53. The second kappa shape index (κ2) is 6.26. The van der Waals surface area contributed by atoms with Crippen molar-refractivity contribution in [1.82, 2.24) is 9.80 Å². The van der Waals surface area contributed by atoms with E-state index in [2.05, 4.69) is 0 Å². The maximum atomic E-state index is 12.6. The van der Waals surface area contributed by atoms with Crippen molar-refractivity contribution in [2.45, 2.75) is 52.5 Å². The van der Waals surface area contributed by atoms with Crippen molar-refractivity contribution in [2.24, 2.45) is 5.92 Å². The molecule has 0 aromatic carbocycles. The number of carboxylic acid groups (broad SMARTS) is 1. The predicted octanol–water partition coefficient (Wildman–Crippen LogP) is 2.41. The Morgan fingerprint density at radius 3 is 2.21 bits per heavy atom. The number of carboxylic acids is 1. The van der Waals surface area contributed by atoms with Gasteiger partial charge in [-0.05, 0) is 46.5 Å². The molecular weight excluding hydrogens is 244 g/mol. The lowest BCUT2D eigenvalue weighted by atomic mass is 10.1. The van der Waals surface area contributed by atoms with Crippen molar-refractivity contribution in [3.8, 4) is 0 Å². The van der Waals surface area contributed by atoms with E-state index in [0.29, 0.717) is 12.5 Å². The molecule has 0 heterocycles. The molecule has 1 rings (SSSR count). The number of carbonyl (C=O) groups is 2. The third-order valence-electron chi connectivity index (χ3n) is 3.42. The van der Waals surface area contributed by atoms with Crippen LogP contribution in [0.25, 0.3) is 0 Å². The molecule has 1 fully saturated rings. The first-order chi connectivity index (χ1) is 8.75. The molecule has 0 saturated heterocycles. The van der Waals surface area contributed by atoms with Crippen molar-refractivity contribution in [3.63, 3.8) is 0 Å². The first kappa shape index (κ1) is 15.8. The highest BCUT2D eigenvalue weighted by molar-refractivity contribution is 5.76. The molecule has 5 heteroatoms. The molecule has 0 spiro atoms. The second-order valence-corrected chi connectivity index (χ2v) is 6.23. The van der Waals surface area contributed by atoms with E-state index >= 15 is 0 Å². The third kappa shape index (κ3) is 5.09. The highest BCUT2D eigenvalue weighted by atomic mass is 16.4. The van der Waals surface area contributed by atoms with E-state index in [1.807, 2.05) is 32.6 Å². The summed E-state index contributed by atoms with van der Waals surface area (Å²) in [7, 11) is 0. The molecule has 1 aliphatic rings. The number of nitrogens with zero attached hydrogens (tertiary/aromatic N) is 2. The number of rotatable bonds is 6. The fourth-order valence-corrected chi connectivity index (χ4v) is 2.05. The standard InChI is InChI=1S/C14H26N2O3/c1-5-15(10-11-6-7-11)13(19)16(14(2,3)4)9-8-12(17)18/h11H,5-10H2,1-4H3,(H,17,18). The van der Waals surface area contributed by atoms with E-state index in [-0.39, 0.29) is 24.5 Å². The maximum absolute atomic E-state index is 12.6. The Balaban J connectivity index is 2.70. The number of amides is 2. The van der Waals surface area contributed by atoms with E-state index in [9.17, 15) is 9.59 Å². The summed E-state index contributed by atoms with van der Waals surface area (Å²) in [6.07, 6.45) is 2.40. The normalized spacial score (nSPS) is 15.2. The van der Waals surface area contributed by atoms with Crippen LogP contribution in [0.1, 0.15) is 47.0 Å². The number of hydrogen-bond acceptors (Lipinski definition) is 2. The minimum atomic E-state index is -0.868. The summed E-state index contributed by atoms with van der Waals surface area (Å²) in [5.74, 6) is -0.225. The molecule has 110 valence electrons. The minimum Gasteiger partial charge on any atom is -0.481 e. The van der Waals surface area contributed by atoms with Crippen molar-refractivity contribution in [1.29, 1.82) is 0 Å². The minimum absolute atomic E-state index is 0.00993. The zero-order valence-electron chi connectivity index (χ0n) is 12.5. The molecule has 1 N–H and O–H groups in total. The Kier molecular flexibility index (Phi) is 5.20. The number of hydrogen-bond donors (Lipinski definition) is 1. The van der Waals surface area contributed by atoms with Crippen LogP contribution in [0.3, 0.4) is 0 Å². The number of carbonyl (C=O) groups excluding carboxylic acids is 1. The first-order valence-corrected chi connectivity index (χ1v) is 7.04. The summed E-state index contributed by atoms with van der Waals surface area (Å²) in [4.78, 5) is 26.8. The van der Waals surface area contributed by atoms with Gasteiger partial charge in [-0.3, -0.25) is 4.79 Å². The highest BCUT2D eigenvalue weighted by Gasteiger charge is 2.32. The largest absolute Gasteiger partial charge is 0.481 e. The van der Waals surface area contributed by atoms with E-state index in [1.54, 1.807) is 4.90 Å². The van der Waals surface area contributed by atoms with Gasteiger partial charge >= 0.3 is 12.0 Å². The summed E-state index contributed by atoms with van der Waals surface area (Å²) >= 11 is 0. The quantitative estimate of drug-likeness (QED) is 0.806. The fourth-order valence-electron chi connectivity index (χ4n) is 2.05. The molecule has 5 nitrogen and oxygen atoms in total. The average molecular weight is 270 g/mol. The molecule has 0 aromatic rings. The van der Waals surface area contributed by atoms with E-state index in [4.69, 9.17) is 5.11 Å². The Labute approximate surface area is 115 Å². The molecule has 1 aliphatic carbocycles. The van der Waals surface area contributed by atoms with Gasteiger partial charge in [0, 0.05) is 25.2 Å². The number of urea groups is 1. The Hall–Kier alpha value is -1.26. The summed E-state index contributed by atoms with van der Waals surface area (Å²) < 4.78 is 0. The van der Waals surface area contributed by atoms with Crippen LogP contribution in [0.2, 0.25) is 0 Å². The molecule has 2 amide bonds. The smallest absolute Gasteiger partial charge is 0.320 e. The molecule has 1 saturated carbocycles. The van der Waals surface area contributed by atoms with Gasteiger partial charge < -0.3 is 14.9 Å². The molecule has 0 bridgehead atoms. The van der Waals surface area contributed by atoms with Crippen LogP contribution in [-0.2, 0) is 4.79 Å². The van der Waals surface area contributed by atoms with Gasteiger partial charge in [0.05, 0.1) is 6.42 Å². The maximum Gasteiger partial charge on any atom is 0.320 e. The topological polar surface area (TPSA) is 60.9 Å².